The van der Waals surface area contributed by atoms with E-state index < -0.39 is 6.61 Å². The fraction of sp³-hybridized carbons (Fsp3) is 0.462. The van der Waals surface area contributed by atoms with Crippen LogP contribution in [0.3, 0.4) is 0 Å². The van der Waals surface area contributed by atoms with Crippen LogP contribution in [0.25, 0.3) is 0 Å². The lowest BCUT2D eigenvalue weighted by molar-refractivity contribution is -0.115. The van der Waals surface area contributed by atoms with Crippen LogP contribution in [0.15, 0.2) is 16.6 Å². The fourth-order valence-corrected chi connectivity index (χ4v) is 2.67. The first-order valence-electron chi connectivity index (χ1n) is 6.40. The molecule has 21 heavy (non-hydrogen) atoms. The molecule has 1 saturated carbocycles. The summed E-state index contributed by atoms with van der Waals surface area (Å²) < 4.78 is 29.5. The molecule has 0 radical (unpaired) electrons. The molecule has 0 atom stereocenters. The normalized spacial score (nSPS) is 14.3. The second-order valence-electron chi connectivity index (χ2n) is 4.77. The highest BCUT2D eigenvalue weighted by molar-refractivity contribution is 9.10. The Morgan fingerprint density at radius 2 is 2.19 bits per heavy atom. The van der Waals surface area contributed by atoms with Crippen molar-refractivity contribution >= 4 is 39.1 Å². The van der Waals surface area contributed by atoms with Crippen LogP contribution in [0.4, 0.5) is 14.5 Å². The Balaban J connectivity index is 2.00. The summed E-state index contributed by atoms with van der Waals surface area (Å²) in [6, 6.07) is 2.78. The molecule has 1 aliphatic rings. The first-order valence-corrected chi connectivity index (χ1v) is 7.57. The Labute approximate surface area is 134 Å². The molecular weight excluding hydrogens is 370 g/mol. The number of halogens is 4. The number of ether oxygens (including phenoxy) is 1. The third-order valence-corrected chi connectivity index (χ3v) is 3.71. The SMILES string of the molecule is O=C(CNCC1CC1)Nc1cc(Cl)cc(Br)c1OC(F)F. The van der Waals surface area contributed by atoms with Crippen LogP contribution in [0.5, 0.6) is 5.75 Å². The Hall–Kier alpha value is -0.920. The van der Waals surface area contributed by atoms with Crippen molar-refractivity contribution in [3.05, 3.63) is 21.6 Å². The number of amides is 1. The van der Waals surface area contributed by atoms with Gasteiger partial charge in [0.15, 0.2) is 5.75 Å². The van der Waals surface area contributed by atoms with Gasteiger partial charge in [0.25, 0.3) is 0 Å². The lowest BCUT2D eigenvalue weighted by Gasteiger charge is -2.14. The molecule has 0 saturated heterocycles. The summed E-state index contributed by atoms with van der Waals surface area (Å²) in [5, 5.41) is 5.82. The van der Waals surface area contributed by atoms with E-state index >= 15 is 0 Å². The number of nitrogens with one attached hydrogen (secondary N) is 2. The number of alkyl halides is 2. The van der Waals surface area contributed by atoms with Gasteiger partial charge in [-0.2, -0.15) is 8.78 Å². The van der Waals surface area contributed by atoms with Gasteiger partial charge in [0, 0.05) is 5.02 Å². The van der Waals surface area contributed by atoms with Crippen molar-refractivity contribution in [3.8, 4) is 5.75 Å². The van der Waals surface area contributed by atoms with Gasteiger partial charge in [-0.25, -0.2) is 0 Å². The van der Waals surface area contributed by atoms with Gasteiger partial charge in [-0.3, -0.25) is 4.79 Å². The molecule has 4 nitrogen and oxygen atoms in total. The highest BCUT2D eigenvalue weighted by Gasteiger charge is 2.21. The Morgan fingerprint density at radius 1 is 1.48 bits per heavy atom. The van der Waals surface area contributed by atoms with E-state index in [0.29, 0.717) is 10.9 Å². The lowest BCUT2D eigenvalue weighted by Crippen LogP contribution is -2.29. The molecule has 1 amide bonds. The van der Waals surface area contributed by atoms with Gasteiger partial charge >= 0.3 is 6.61 Å². The maximum atomic E-state index is 12.4. The number of anilines is 1. The Bertz CT molecular complexity index is 527. The molecule has 1 aromatic carbocycles. The minimum atomic E-state index is -2.99. The minimum absolute atomic E-state index is 0.105. The van der Waals surface area contributed by atoms with Crippen molar-refractivity contribution in [1.29, 1.82) is 0 Å². The minimum Gasteiger partial charge on any atom is -0.431 e. The molecule has 2 N–H and O–H groups in total. The summed E-state index contributed by atoms with van der Waals surface area (Å²) in [4.78, 5) is 11.8. The van der Waals surface area contributed by atoms with Crippen LogP contribution in [-0.4, -0.2) is 25.6 Å². The molecule has 1 aliphatic carbocycles. The Morgan fingerprint density at radius 3 is 2.81 bits per heavy atom. The molecule has 8 heteroatoms. The topological polar surface area (TPSA) is 50.4 Å². The monoisotopic (exact) mass is 382 g/mol. The summed E-state index contributed by atoms with van der Waals surface area (Å²) in [6.07, 6.45) is 2.37. The van der Waals surface area contributed by atoms with Crippen molar-refractivity contribution in [2.24, 2.45) is 5.92 Å². The Kier molecular flexibility index (Phi) is 5.78. The van der Waals surface area contributed by atoms with E-state index in [0.717, 1.165) is 6.54 Å². The van der Waals surface area contributed by atoms with E-state index in [1.165, 1.54) is 25.0 Å². The number of carbonyl (C=O) groups excluding carboxylic acids is 1. The van der Waals surface area contributed by atoms with Crippen molar-refractivity contribution < 1.29 is 18.3 Å². The fourth-order valence-electron chi connectivity index (χ4n) is 1.77. The van der Waals surface area contributed by atoms with Gasteiger partial charge < -0.3 is 15.4 Å². The summed E-state index contributed by atoms with van der Waals surface area (Å²) in [5.41, 5.74) is 0.105. The van der Waals surface area contributed by atoms with Gasteiger partial charge in [-0.1, -0.05) is 11.6 Å². The predicted molar refractivity (Wildman–Crippen MR) is 80.0 cm³/mol. The van der Waals surface area contributed by atoms with Crippen LogP contribution < -0.4 is 15.4 Å². The van der Waals surface area contributed by atoms with E-state index in [4.69, 9.17) is 11.6 Å². The summed E-state index contributed by atoms with van der Waals surface area (Å²) in [6.45, 7) is -2.10. The third-order valence-electron chi connectivity index (χ3n) is 2.90. The molecule has 0 aliphatic heterocycles. The van der Waals surface area contributed by atoms with Crippen LogP contribution in [0.1, 0.15) is 12.8 Å². The lowest BCUT2D eigenvalue weighted by atomic mass is 10.3. The van der Waals surface area contributed by atoms with Crippen LogP contribution >= 0.6 is 27.5 Å². The zero-order chi connectivity index (χ0) is 15.4. The van der Waals surface area contributed by atoms with Crippen molar-refractivity contribution in [2.75, 3.05) is 18.4 Å². The van der Waals surface area contributed by atoms with Gasteiger partial charge in [0.1, 0.15) is 0 Å². The van der Waals surface area contributed by atoms with Crippen LogP contribution in [-0.2, 0) is 4.79 Å². The van der Waals surface area contributed by atoms with E-state index in [-0.39, 0.29) is 28.4 Å². The molecule has 116 valence electrons. The molecule has 1 fully saturated rings. The standard InChI is InChI=1S/C13H14BrClF2N2O2/c14-9-3-8(15)4-10(12(9)21-13(16)17)19-11(20)6-18-5-7-1-2-7/h3-4,7,13,18H,1-2,5-6H2,(H,19,20). The van der Waals surface area contributed by atoms with Gasteiger partial charge in [0.2, 0.25) is 5.91 Å². The quantitative estimate of drug-likeness (QED) is 0.756. The van der Waals surface area contributed by atoms with E-state index in [1.807, 2.05) is 0 Å². The van der Waals surface area contributed by atoms with Gasteiger partial charge in [-0.05, 0) is 53.4 Å². The van der Waals surface area contributed by atoms with E-state index in [1.54, 1.807) is 0 Å². The highest BCUT2D eigenvalue weighted by atomic mass is 79.9. The zero-order valence-electron chi connectivity index (χ0n) is 11.0. The third kappa shape index (κ3) is 5.41. The average molecular weight is 384 g/mol. The molecule has 0 unspecified atom stereocenters. The zero-order valence-corrected chi connectivity index (χ0v) is 13.3. The number of rotatable bonds is 7. The smallest absolute Gasteiger partial charge is 0.387 e. The summed E-state index contributed by atoms with van der Waals surface area (Å²) in [5.74, 6) is 0.157. The maximum absolute atomic E-state index is 12.4. The van der Waals surface area contributed by atoms with Crippen molar-refractivity contribution in [2.45, 2.75) is 19.5 Å². The number of carbonyl (C=O) groups is 1. The molecule has 0 aromatic heterocycles. The average Bonchev–Trinajstić information content (AvgIpc) is 3.17. The van der Waals surface area contributed by atoms with Gasteiger partial charge in [-0.15, -0.1) is 0 Å². The van der Waals surface area contributed by atoms with Crippen LogP contribution in [0, 0.1) is 5.92 Å². The second-order valence-corrected chi connectivity index (χ2v) is 6.06. The number of benzene rings is 1. The largest absolute Gasteiger partial charge is 0.431 e. The summed E-state index contributed by atoms with van der Waals surface area (Å²) >= 11 is 8.94. The highest BCUT2D eigenvalue weighted by Crippen LogP contribution is 2.37. The molecule has 1 aromatic rings. The first kappa shape index (κ1) is 16.5. The molecule has 0 bridgehead atoms. The first-order chi connectivity index (χ1) is 9.95. The summed E-state index contributed by atoms with van der Waals surface area (Å²) in [7, 11) is 0. The van der Waals surface area contributed by atoms with Crippen molar-refractivity contribution in [1.82, 2.24) is 5.32 Å². The van der Waals surface area contributed by atoms with E-state index in [2.05, 4.69) is 31.3 Å². The number of hydrogen-bond donors (Lipinski definition) is 2. The molecular formula is C13H14BrClF2N2O2. The van der Waals surface area contributed by atoms with Gasteiger partial charge in [0.05, 0.1) is 16.7 Å². The molecule has 2 rings (SSSR count). The van der Waals surface area contributed by atoms with Crippen LogP contribution in [0.2, 0.25) is 5.02 Å². The molecule has 0 spiro atoms. The van der Waals surface area contributed by atoms with E-state index in [9.17, 15) is 13.6 Å². The molecule has 0 heterocycles. The van der Waals surface area contributed by atoms with Crippen molar-refractivity contribution in [3.63, 3.8) is 0 Å². The second kappa shape index (κ2) is 7.38. The maximum Gasteiger partial charge on any atom is 0.387 e. The predicted octanol–water partition coefficient (Wildman–Crippen LogP) is 3.64. The number of hydrogen-bond acceptors (Lipinski definition) is 3.